The quantitative estimate of drug-likeness (QED) is 0.915. The van der Waals surface area contributed by atoms with Gasteiger partial charge in [-0.05, 0) is 43.2 Å². The van der Waals surface area contributed by atoms with Crippen LogP contribution in [0.25, 0.3) is 10.2 Å². The van der Waals surface area contributed by atoms with Gasteiger partial charge in [-0.15, -0.1) is 11.3 Å². The van der Waals surface area contributed by atoms with Gasteiger partial charge in [0, 0.05) is 17.6 Å². The van der Waals surface area contributed by atoms with E-state index in [1.807, 2.05) is 0 Å². The van der Waals surface area contributed by atoms with Gasteiger partial charge in [0.05, 0.1) is 5.69 Å². The van der Waals surface area contributed by atoms with Gasteiger partial charge < -0.3 is 11.1 Å². The number of nitrogens with zero attached hydrogens (tertiary/aromatic N) is 1. The average Bonchev–Trinajstić information content (AvgIpc) is 2.79. The molecule has 1 aliphatic rings. The first-order chi connectivity index (χ1) is 10.1. The number of aryl methyl sites for hydroxylation is 2. The van der Waals surface area contributed by atoms with Crippen LogP contribution in [0.1, 0.15) is 47.6 Å². The maximum absolute atomic E-state index is 12.3. The molecule has 112 valence electrons. The number of carbonyl (C=O) groups excluding carboxylic acids is 1. The molecule has 0 radical (unpaired) electrons. The average molecular weight is 303 g/mol. The Kier molecular flexibility index (Phi) is 3.85. The smallest absolute Gasteiger partial charge is 0.263 e. The van der Waals surface area contributed by atoms with Crippen LogP contribution in [0.5, 0.6) is 0 Å². The van der Waals surface area contributed by atoms with Crippen molar-refractivity contribution in [1.82, 2.24) is 10.3 Å². The number of hydrogen-bond acceptors (Lipinski definition) is 4. The minimum absolute atomic E-state index is 0.0813. The van der Waals surface area contributed by atoms with Gasteiger partial charge in [0.25, 0.3) is 5.91 Å². The highest BCUT2D eigenvalue weighted by Gasteiger charge is 2.20. The molecular weight excluding hydrogens is 282 g/mol. The standard InChI is InChI=1S/C16H21N3OS/c1-9(2)8-18-15(20)14-13(17)11-7-10-5-3-4-6-12(10)19-16(11)21-14/h7,9H,3-6,8,17H2,1-2H3,(H,18,20). The third-order valence-corrected chi connectivity index (χ3v) is 4.99. The summed E-state index contributed by atoms with van der Waals surface area (Å²) in [6, 6.07) is 2.14. The number of amides is 1. The summed E-state index contributed by atoms with van der Waals surface area (Å²) in [6.07, 6.45) is 4.53. The Morgan fingerprint density at radius 1 is 1.43 bits per heavy atom. The van der Waals surface area contributed by atoms with E-state index in [1.165, 1.54) is 35.4 Å². The minimum Gasteiger partial charge on any atom is -0.397 e. The van der Waals surface area contributed by atoms with E-state index in [4.69, 9.17) is 10.7 Å². The lowest BCUT2D eigenvalue weighted by molar-refractivity contribution is 0.0954. The zero-order valence-corrected chi connectivity index (χ0v) is 13.3. The lowest BCUT2D eigenvalue weighted by Gasteiger charge is -2.14. The van der Waals surface area contributed by atoms with E-state index in [0.29, 0.717) is 23.0 Å². The minimum atomic E-state index is -0.0813. The normalized spacial score (nSPS) is 14.4. The predicted molar refractivity (Wildman–Crippen MR) is 87.8 cm³/mol. The number of hydrogen-bond donors (Lipinski definition) is 2. The fourth-order valence-corrected chi connectivity index (χ4v) is 3.72. The summed E-state index contributed by atoms with van der Waals surface area (Å²) in [5, 5.41) is 3.87. The predicted octanol–water partition coefficient (Wildman–Crippen LogP) is 3.14. The molecule has 0 fully saturated rings. The summed E-state index contributed by atoms with van der Waals surface area (Å²) < 4.78 is 0. The van der Waals surface area contributed by atoms with Crippen molar-refractivity contribution in [3.05, 3.63) is 22.2 Å². The second kappa shape index (κ2) is 5.64. The molecule has 0 aliphatic heterocycles. The lowest BCUT2D eigenvalue weighted by atomic mass is 9.95. The Labute approximate surface area is 128 Å². The van der Waals surface area contributed by atoms with E-state index < -0.39 is 0 Å². The van der Waals surface area contributed by atoms with Crippen LogP contribution in [0.15, 0.2) is 6.07 Å². The first kappa shape index (κ1) is 14.3. The van der Waals surface area contributed by atoms with E-state index in [2.05, 4.69) is 25.2 Å². The molecule has 21 heavy (non-hydrogen) atoms. The maximum Gasteiger partial charge on any atom is 0.263 e. The summed E-state index contributed by atoms with van der Waals surface area (Å²) in [5.74, 6) is 0.345. The molecule has 3 N–H and O–H groups in total. The van der Waals surface area contributed by atoms with Crippen molar-refractivity contribution < 1.29 is 4.79 Å². The first-order valence-electron chi connectivity index (χ1n) is 7.55. The summed E-state index contributed by atoms with van der Waals surface area (Å²) in [7, 11) is 0. The number of carbonyl (C=O) groups is 1. The van der Waals surface area contributed by atoms with E-state index in [-0.39, 0.29) is 5.91 Å². The van der Waals surface area contributed by atoms with Crippen LogP contribution in [-0.2, 0) is 12.8 Å². The number of nitrogens with two attached hydrogens (primary N) is 1. The number of thiophene rings is 1. The number of fused-ring (bicyclic) bond motifs is 2. The van der Waals surface area contributed by atoms with Crippen molar-refractivity contribution in [2.24, 2.45) is 5.92 Å². The van der Waals surface area contributed by atoms with Crippen molar-refractivity contribution in [2.45, 2.75) is 39.5 Å². The SMILES string of the molecule is CC(C)CNC(=O)c1sc2nc3c(cc2c1N)CCCC3. The Morgan fingerprint density at radius 2 is 2.19 bits per heavy atom. The van der Waals surface area contributed by atoms with Crippen molar-refractivity contribution in [1.29, 1.82) is 0 Å². The van der Waals surface area contributed by atoms with Gasteiger partial charge in [-0.2, -0.15) is 0 Å². The molecule has 5 heteroatoms. The second-order valence-corrected chi connectivity index (χ2v) is 7.10. The third kappa shape index (κ3) is 2.75. The Hall–Kier alpha value is -1.62. The molecule has 1 amide bonds. The van der Waals surface area contributed by atoms with Crippen LogP contribution in [-0.4, -0.2) is 17.4 Å². The molecule has 2 heterocycles. The molecular formula is C16H21N3OS. The molecule has 0 saturated carbocycles. The highest BCUT2D eigenvalue weighted by molar-refractivity contribution is 7.21. The fourth-order valence-electron chi connectivity index (χ4n) is 2.71. The van der Waals surface area contributed by atoms with Gasteiger partial charge in [-0.25, -0.2) is 4.98 Å². The van der Waals surface area contributed by atoms with Gasteiger partial charge >= 0.3 is 0 Å². The van der Waals surface area contributed by atoms with Crippen LogP contribution >= 0.6 is 11.3 Å². The van der Waals surface area contributed by atoms with Crippen LogP contribution in [0, 0.1) is 5.92 Å². The zero-order valence-electron chi connectivity index (χ0n) is 12.5. The maximum atomic E-state index is 12.3. The van der Waals surface area contributed by atoms with Crippen molar-refractivity contribution in [3.8, 4) is 0 Å². The summed E-state index contributed by atoms with van der Waals surface area (Å²) in [6.45, 7) is 4.81. The molecule has 0 atom stereocenters. The molecule has 3 rings (SSSR count). The number of rotatable bonds is 3. The molecule has 1 aliphatic carbocycles. The Morgan fingerprint density at radius 3 is 2.95 bits per heavy atom. The van der Waals surface area contributed by atoms with Crippen molar-refractivity contribution >= 4 is 33.1 Å². The van der Waals surface area contributed by atoms with E-state index in [9.17, 15) is 4.79 Å². The highest BCUT2D eigenvalue weighted by atomic mass is 32.1. The van der Waals surface area contributed by atoms with E-state index in [1.54, 1.807) is 0 Å². The first-order valence-corrected chi connectivity index (χ1v) is 8.37. The Balaban J connectivity index is 1.97. The number of nitrogens with one attached hydrogen (secondary N) is 1. The highest BCUT2D eigenvalue weighted by Crippen LogP contribution is 2.35. The number of pyridine rings is 1. The third-order valence-electron chi connectivity index (χ3n) is 3.88. The topological polar surface area (TPSA) is 68.0 Å². The fraction of sp³-hybridized carbons (Fsp3) is 0.500. The van der Waals surface area contributed by atoms with Crippen LogP contribution < -0.4 is 11.1 Å². The zero-order chi connectivity index (χ0) is 15.0. The van der Waals surface area contributed by atoms with Crippen LogP contribution in [0.2, 0.25) is 0 Å². The van der Waals surface area contributed by atoms with Crippen LogP contribution in [0.3, 0.4) is 0 Å². The summed E-state index contributed by atoms with van der Waals surface area (Å²) in [5.41, 5.74) is 9.25. The number of nitrogen functional groups attached to an aromatic ring is 1. The molecule has 0 saturated heterocycles. The summed E-state index contributed by atoms with van der Waals surface area (Å²) in [4.78, 5) is 18.5. The lowest BCUT2D eigenvalue weighted by Crippen LogP contribution is -2.27. The molecule has 4 nitrogen and oxygen atoms in total. The van der Waals surface area contributed by atoms with Crippen molar-refractivity contribution in [3.63, 3.8) is 0 Å². The molecule has 2 aromatic heterocycles. The van der Waals surface area contributed by atoms with Gasteiger partial charge in [0.2, 0.25) is 0 Å². The molecule has 2 aromatic rings. The van der Waals surface area contributed by atoms with Gasteiger partial charge in [0.15, 0.2) is 0 Å². The molecule has 0 unspecified atom stereocenters. The molecule has 0 spiro atoms. The van der Waals surface area contributed by atoms with E-state index >= 15 is 0 Å². The second-order valence-electron chi connectivity index (χ2n) is 6.10. The number of anilines is 1. The largest absolute Gasteiger partial charge is 0.397 e. The Bertz CT molecular complexity index is 690. The van der Waals surface area contributed by atoms with Gasteiger partial charge in [0.1, 0.15) is 9.71 Å². The monoisotopic (exact) mass is 303 g/mol. The van der Waals surface area contributed by atoms with Gasteiger partial charge in [-0.1, -0.05) is 13.8 Å². The van der Waals surface area contributed by atoms with Gasteiger partial charge in [-0.3, -0.25) is 4.79 Å². The molecule has 0 aromatic carbocycles. The molecule has 0 bridgehead atoms. The number of aromatic nitrogens is 1. The van der Waals surface area contributed by atoms with E-state index in [0.717, 1.165) is 23.1 Å². The van der Waals surface area contributed by atoms with Crippen LogP contribution in [0.4, 0.5) is 5.69 Å². The summed E-state index contributed by atoms with van der Waals surface area (Å²) >= 11 is 1.41. The van der Waals surface area contributed by atoms with Crippen molar-refractivity contribution in [2.75, 3.05) is 12.3 Å².